The summed E-state index contributed by atoms with van der Waals surface area (Å²) >= 11 is 1.83. The Morgan fingerprint density at radius 1 is 0.510 bits per heavy atom. The molecule has 0 N–H and O–H groups in total. The quantitative estimate of drug-likeness (QED) is 0.173. The minimum atomic E-state index is 0.0938. The first-order valence-electron chi connectivity index (χ1n) is 17.4. The van der Waals surface area contributed by atoms with Gasteiger partial charge in [0.15, 0.2) is 0 Å². The van der Waals surface area contributed by atoms with Gasteiger partial charge in [0.2, 0.25) is 0 Å². The minimum Gasteiger partial charge on any atom is -0.192 e. The molecule has 0 spiro atoms. The minimum absolute atomic E-state index is 0.0938. The summed E-state index contributed by atoms with van der Waals surface area (Å²) in [5.41, 5.74) is 13.8. The average Bonchev–Trinajstić information content (AvgIpc) is 3.60. The van der Waals surface area contributed by atoms with E-state index in [1.807, 2.05) is 11.3 Å². The number of allylic oxidation sites excluding steroid dienone is 4. The van der Waals surface area contributed by atoms with Crippen molar-refractivity contribution in [3.05, 3.63) is 204 Å². The Bertz CT molecular complexity index is 2640. The lowest BCUT2D eigenvalue weighted by Crippen LogP contribution is -2.05. The van der Waals surface area contributed by atoms with Crippen molar-refractivity contribution in [3.8, 4) is 39.4 Å². The Balaban J connectivity index is 1.14. The Hall–Kier alpha value is -6.27. The van der Waals surface area contributed by atoms with Crippen LogP contribution in [-0.2, 0) is 0 Å². The maximum Gasteiger partial charge on any atom is 0.0991 e. The summed E-state index contributed by atoms with van der Waals surface area (Å²) in [4.78, 5) is 0. The maximum absolute atomic E-state index is 10.3. The Morgan fingerprint density at radius 2 is 1.10 bits per heavy atom. The lowest BCUT2D eigenvalue weighted by molar-refractivity contribution is 0.870. The van der Waals surface area contributed by atoms with Crippen molar-refractivity contribution in [1.82, 2.24) is 0 Å². The molecule has 1 aliphatic rings. The molecule has 0 radical (unpaired) electrons. The van der Waals surface area contributed by atoms with E-state index in [4.69, 9.17) is 0 Å². The van der Waals surface area contributed by atoms with E-state index < -0.39 is 0 Å². The van der Waals surface area contributed by atoms with E-state index in [0.29, 0.717) is 5.56 Å². The summed E-state index contributed by atoms with van der Waals surface area (Å²) < 4.78 is 2.54. The molecule has 1 heterocycles. The van der Waals surface area contributed by atoms with Crippen LogP contribution in [0, 0.1) is 11.3 Å². The number of benzene rings is 7. The number of nitrogens with zero attached hydrogens (tertiary/aromatic N) is 1. The van der Waals surface area contributed by atoms with E-state index in [2.05, 4.69) is 188 Å². The number of hydrogen-bond acceptors (Lipinski definition) is 2. The molecule has 1 aliphatic carbocycles. The van der Waals surface area contributed by atoms with Gasteiger partial charge < -0.3 is 0 Å². The van der Waals surface area contributed by atoms with E-state index in [1.165, 1.54) is 70.3 Å². The predicted octanol–water partition coefficient (Wildman–Crippen LogP) is 13.6. The standard InChI is InChI=1S/C49H33NS/c50-32-33-26-40(31-44(27-33)45-15-9-16-47-46-14-7-8-17-48(46)51-49(45)47)43-29-41(38-22-18-36(19-23-38)34-10-3-1-4-11-34)28-42(30-43)39-24-20-37(21-25-39)35-12-5-2-6-13-35/h1-29,31,43H,30H2. The molecule has 2 heteroatoms. The second-order valence-corrected chi connectivity index (χ2v) is 14.3. The monoisotopic (exact) mass is 667 g/mol. The van der Waals surface area contributed by atoms with Crippen LogP contribution in [0.25, 0.3) is 64.7 Å². The molecular formula is C49H33NS. The fraction of sp³-hybridized carbons (Fsp3) is 0.0408. The number of nitriles is 1. The van der Waals surface area contributed by atoms with Gasteiger partial charge in [-0.25, -0.2) is 0 Å². The van der Waals surface area contributed by atoms with Crippen molar-refractivity contribution in [2.75, 3.05) is 0 Å². The van der Waals surface area contributed by atoms with Crippen molar-refractivity contribution < 1.29 is 0 Å². The van der Waals surface area contributed by atoms with Gasteiger partial charge in [0, 0.05) is 26.1 Å². The highest BCUT2D eigenvalue weighted by Crippen LogP contribution is 2.43. The molecule has 1 unspecified atom stereocenters. The first-order chi connectivity index (χ1) is 25.2. The summed E-state index contributed by atoms with van der Waals surface area (Å²) in [6, 6.07) is 63.1. The van der Waals surface area contributed by atoms with Crippen LogP contribution in [0.2, 0.25) is 0 Å². The van der Waals surface area contributed by atoms with Gasteiger partial charge in [-0.1, -0.05) is 164 Å². The van der Waals surface area contributed by atoms with Gasteiger partial charge in [-0.3, -0.25) is 0 Å². The molecule has 51 heavy (non-hydrogen) atoms. The smallest absolute Gasteiger partial charge is 0.0991 e. The van der Waals surface area contributed by atoms with Gasteiger partial charge in [-0.05, 0) is 85.8 Å². The third-order valence-corrected chi connectivity index (χ3v) is 11.3. The molecule has 1 atom stereocenters. The fourth-order valence-corrected chi connectivity index (χ4v) is 8.69. The third-order valence-electron chi connectivity index (χ3n) is 10.1. The molecule has 0 amide bonds. The molecule has 1 nitrogen and oxygen atoms in total. The SMILES string of the molecule is N#Cc1cc(-c2cccc3c2sc2ccccc23)cc(C2C=C(c3ccc(-c4ccccc4)cc3)C=C(c3ccc(-c4ccccc4)cc3)C2)c1. The summed E-state index contributed by atoms with van der Waals surface area (Å²) in [5.74, 6) is 0.0938. The molecule has 0 bridgehead atoms. The van der Waals surface area contributed by atoms with Gasteiger partial charge in [0.1, 0.15) is 0 Å². The highest BCUT2D eigenvalue weighted by atomic mass is 32.1. The van der Waals surface area contributed by atoms with Gasteiger partial charge in [-0.15, -0.1) is 11.3 Å². The van der Waals surface area contributed by atoms with Crippen molar-refractivity contribution in [2.45, 2.75) is 12.3 Å². The van der Waals surface area contributed by atoms with Crippen LogP contribution in [0.3, 0.4) is 0 Å². The van der Waals surface area contributed by atoms with E-state index in [9.17, 15) is 5.26 Å². The lowest BCUT2D eigenvalue weighted by Gasteiger charge is -2.24. The predicted molar refractivity (Wildman–Crippen MR) is 217 cm³/mol. The second-order valence-electron chi connectivity index (χ2n) is 13.2. The van der Waals surface area contributed by atoms with Crippen LogP contribution >= 0.6 is 11.3 Å². The molecule has 240 valence electrons. The van der Waals surface area contributed by atoms with Gasteiger partial charge in [-0.2, -0.15) is 5.26 Å². The molecule has 7 aromatic carbocycles. The van der Waals surface area contributed by atoms with Crippen molar-refractivity contribution in [2.24, 2.45) is 0 Å². The summed E-state index contributed by atoms with van der Waals surface area (Å²) in [7, 11) is 0. The summed E-state index contributed by atoms with van der Waals surface area (Å²) in [5, 5.41) is 12.8. The van der Waals surface area contributed by atoms with Crippen LogP contribution in [-0.4, -0.2) is 0 Å². The number of hydrogen-bond donors (Lipinski definition) is 0. The van der Waals surface area contributed by atoms with E-state index in [0.717, 1.165) is 17.5 Å². The van der Waals surface area contributed by atoms with Crippen LogP contribution in [0.5, 0.6) is 0 Å². The molecule has 0 aliphatic heterocycles. The molecule has 0 saturated carbocycles. The highest BCUT2D eigenvalue weighted by Gasteiger charge is 2.22. The molecule has 0 saturated heterocycles. The zero-order chi connectivity index (χ0) is 34.1. The van der Waals surface area contributed by atoms with Gasteiger partial charge >= 0.3 is 0 Å². The van der Waals surface area contributed by atoms with E-state index in [1.54, 1.807) is 0 Å². The first kappa shape index (κ1) is 30.8. The first-order valence-corrected chi connectivity index (χ1v) is 18.2. The Labute approximate surface area is 302 Å². The Morgan fingerprint density at radius 3 is 1.78 bits per heavy atom. The largest absolute Gasteiger partial charge is 0.192 e. The molecule has 8 aromatic rings. The third kappa shape index (κ3) is 5.99. The zero-order valence-corrected chi connectivity index (χ0v) is 28.8. The fourth-order valence-electron chi connectivity index (χ4n) is 7.46. The molecule has 1 aromatic heterocycles. The average molecular weight is 668 g/mol. The van der Waals surface area contributed by atoms with E-state index >= 15 is 0 Å². The molecule has 0 fully saturated rings. The normalized spacial score (nSPS) is 14.2. The highest BCUT2D eigenvalue weighted by molar-refractivity contribution is 7.26. The van der Waals surface area contributed by atoms with Crippen molar-refractivity contribution in [1.29, 1.82) is 5.26 Å². The summed E-state index contributed by atoms with van der Waals surface area (Å²) in [6.45, 7) is 0. The maximum atomic E-state index is 10.3. The van der Waals surface area contributed by atoms with E-state index in [-0.39, 0.29) is 5.92 Å². The summed E-state index contributed by atoms with van der Waals surface area (Å²) in [6.07, 6.45) is 5.61. The van der Waals surface area contributed by atoms with Crippen LogP contribution < -0.4 is 0 Å². The lowest BCUT2D eigenvalue weighted by atomic mass is 9.80. The van der Waals surface area contributed by atoms with Gasteiger partial charge in [0.05, 0.1) is 11.6 Å². The number of rotatable bonds is 6. The topological polar surface area (TPSA) is 23.8 Å². The molecule has 9 rings (SSSR count). The van der Waals surface area contributed by atoms with Crippen molar-refractivity contribution >= 4 is 42.7 Å². The Kier molecular flexibility index (Phi) is 7.97. The van der Waals surface area contributed by atoms with Crippen LogP contribution in [0.15, 0.2) is 182 Å². The number of thiophene rings is 1. The van der Waals surface area contributed by atoms with Gasteiger partial charge in [0.25, 0.3) is 0 Å². The zero-order valence-electron chi connectivity index (χ0n) is 28.0. The van der Waals surface area contributed by atoms with Crippen LogP contribution in [0.1, 0.15) is 34.6 Å². The molecular weight excluding hydrogens is 635 g/mol. The second kappa shape index (κ2) is 13.2. The van der Waals surface area contributed by atoms with Crippen molar-refractivity contribution in [3.63, 3.8) is 0 Å². The van der Waals surface area contributed by atoms with Crippen LogP contribution in [0.4, 0.5) is 0 Å². The number of fused-ring (bicyclic) bond motifs is 3.